The van der Waals surface area contributed by atoms with E-state index < -0.39 is 0 Å². The zero-order valence-electron chi connectivity index (χ0n) is 12.0. The lowest BCUT2D eigenvalue weighted by Gasteiger charge is -1.98. The minimum absolute atomic E-state index is 0.132. The van der Waals surface area contributed by atoms with Crippen LogP contribution in [0.2, 0.25) is 0 Å². The number of aryl methyl sites for hydroxylation is 1. The van der Waals surface area contributed by atoms with E-state index in [1.165, 1.54) is 15.9 Å². The van der Waals surface area contributed by atoms with Gasteiger partial charge in [-0.3, -0.25) is 4.79 Å². The van der Waals surface area contributed by atoms with Crippen LogP contribution in [-0.2, 0) is 12.8 Å². The molecule has 0 aliphatic rings. The first-order chi connectivity index (χ1) is 10.7. The number of anilines is 1. The summed E-state index contributed by atoms with van der Waals surface area (Å²) >= 11 is 4.66. The van der Waals surface area contributed by atoms with Gasteiger partial charge in [0.1, 0.15) is 5.76 Å². The standard InChI is InChI=1S/C14H15BrN4O2S/c1-2-3-9-8-12(20)19-14(17-9)22-13(18-19)16-7-6-10-4-5-11(15)21-10/h4-5,8H,2-3,6-7H2,1H3,(H,16,18). The van der Waals surface area contributed by atoms with E-state index in [1.807, 2.05) is 12.1 Å². The van der Waals surface area contributed by atoms with Gasteiger partial charge in [-0.25, -0.2) is 4.98 Å². The number of fused-ring (bicyclic) bond motifs is 1. The van der Waals surface area contributed by atoms with Gasteiger partial charge in [0, 0.05) is 24.7 Å². The number of nitrogens with zero attached hydrogens (tertiary/aromatic N) is 3. The number of nitrogens with one attached hydrogen (secondary N) is 1. The van der Waals surface area contributed by atoms with Crippen molar-refractivity contribution in [2.24, 2.45) is 0 Å². The Bertz CT molecular complexity index is 839. The summed E-state index contributed by atoms with van der Waals surface area (Å²) in [5.74, 6) is 0.890. The third-order valence-corrected chi connectivity index (χ3v) is 4.37. The zero-order chi connectivity index (χ0) is 15.5. The van der Waals surface area contributed by atoms with E-state index >= 15 is 0 Å². The molecule has 0 aliphatic heterocycles. The van der Waals surface area contributed by atoms with Crippen LogP contribution < -0.4 is 10.9 Å². The molecule has 3 heterocycles. The summed E-state index contributed by atoms with van der Waals surface area (Å²) in [7, 11) is 0. The van der Waals surface area contributed by atoms with Crippen LogP contribution in [0.1, 0.15) is 24.8 Å². The van der Waals surface area contributed by atoms with Gasteiger partial charge < -0.3 is 9.73 Å². The van der Waals surface area contributed by atoms with Gasteiger partial charge in [-0.1, -0.05) is 24.7 Å². The number of halogens is 1. The molecule has 8 heteroatoms. The van der Waals surface area contributed by atoms with E-state index in [0.717, 1.165) is 35.4 Å². The van der Waals surface area contributed by atoms with Crippen molar-refractivity contribution in [1.29, 1.82) is 0 Å². The predicted molar refractivity (Wildman–Crippen MR) is 89.7 cm³/mol. The largest absolute Gasteiger partial charge is 0.454 e. The second-order valence-electron chi connectivity index (χ2n) is 4.82. The molecule has 3 rings (SSSR count). The van der Waals surface area contributed by atoms with Gasteiger partial charge >= 0.3 is 0 Å². The van der Waals surface area contributed by atoms with E-state index in [-0.39, 0.29) is 5.56 Å². The molecule has 116 valence electrons. The Morgan fingerprint density at radius 3 is 3.00 bits per heavy atom. The highest BCUT2D eigenvalue weighted by atomic mass is 79.9. The van der Waals surface area contributed by atoms with Crippen molar-refractivity contribution in [3.05, 3.63) is 44.7 Å². The highest BCUT2D eigenvalue weighted by Gasteiger charge is 2.08. The molecule has 22 heavy (non-hydrogen) atoms. The number of hydrogen-bond donors (Lipinski definition) is 1. The molecule has 3 aromatic rings. The molecule has 0 aliphatic carbocycles. The Morgan fingerprint density at radius 1 is 1.41 bits per heavy atom. The highest BCUT2D eigenvalue weighted by Crippen LogP contribution is 2.18. The monoisotopic (exact) mass is 382 g/mol. The van der Waals surface area contributed by atoms with Crippen LogP contribution in [0.3, 0.4) is 0 Å². The second-order valence-corrected chi connectivity index (χ2v) is 6.56. The van der Waals surface area contributed by atoms with E-state index in [0.29, 0.717) is 16.6 Å². The van der Waals surface area contributed by atoms with Crippen molar-refractivity contribution in [2.75, 3.05) is 11.9 Å². The summed E-state index contributed by atoms with van der Waals surface area (Å²) in [4.78, 5) is 17.1. The number of aromatic nitrogens is 3. The van der Waals surface area contributed by atoms with Crippen LogP contribution in [0.5, 0.6) is 0 Å². The smallest absolute Gasteiger partial charge is 0.275 e. The summed E-state index contributed by atoms with van der Waals surface area (Å²) in [5, 5.41) is 8.15. The maximum absolute atomic E-state index is 12.0. The van der Waals surface area contributed by atoms with Crippen LogP contribution in [0, 0.1) is 0 Å². The fourth-order valence-electron chi connectivity index (χ4n) is 2.09. The van der Waals surface area contributed by atoms with Crippen molar-refractivity contribution in [2.45, 2.75) is 26.2 Å². The maximum Gasteiger partial charge on any atom is 0.275 e. The lowest BCUT2D eigenvalue weighted by molar-refractivity contribution is 0.491. The first-order valence-corrected chi connectivity index (χ1v) is 8.64. The van der Waals surface area contributed by atoms with Crippen LogP contribution in [-0.4, -0.2) is 21.1 Å². The Labute approximate surface area is 139 Å². The second kappa shape index (κ2) is 6.62. The van der Waals surface area contributed by atoms with Crippen LogP contribution in [0.4, 0.5) is 5.13 Å². The van der Waals surface area contributed by atoms with Crippen molar-refractivity contribution in [3.8, 4) is 0 Å². The minimum Gasteiger partial charge on any atom is -0.454 e. The third-order valence-electron chi connectivity index (χ3n) is 3.08. The van der Waals surface area contributed by atoms with Crippen LogP contribution in [0.25, 0.3) is 4.96 Å². The highest BCUT2D eigenvalue weighted by molar-refractivity contribution is 9.10. The zero-order valence-corrected chi connectivity index (χ0v) is 14.4. The minimum atomic E-state index is -0.132. The summed E-state index contributed by atoms with van der Waals surface area (Å²) in [6, 6.07) is 5.35. The number of furan rings is 1. The lowest BCUT2D eigenvalue weighted by atomic mass is 10.2. The molecule has 0 spiro atoms. The maximum atomic E-state index is 12.0. The van der Waals surface area contributed by atoms with E-state index in [4.69, 9.17) is 4.42 Å². The number of hydrogen-bond acceptors (Lipinski definition) is 6. The van der Waals surface area contributed by atoms with Crippen molar-refractivity contribution < 1.29 is 4.42 Å². The third kappa shape index (κ3) is 3.38. The molecule has 0 aromatic carbocycles. The Hall–Kier alpha value is -1.67. The first kappa shape index (κ1) is 15.2. The Kier molecular flexibility index (Phi) is 4.58. The lowest BCUT2D eigenvalue weighted by Crippen LogP contribution is -2.15. The van der Waals surface area contributed by atoms with E-state index in [1.54, 1.807) is 6.07 Å². The molecular formula is C14H15BrN4O2S. The number of rotatable bonds is 6. The van der Waals surface area contributed by atoms with Gasteiger partial charge in [0.05, 0.1) is 0 Å². The Balaban J connectivity index is 1.71. The summed E-state index contributed by atoms with van der Waals surface area (Å²) < 4.78 is 7.50. The fraction of sp³-hybridized carbons (Fsp3) is 0.357. The van der Waals surface area contributed by atoms with E-state index in [2.05, 4.69) is 38.3 Å². The molecule has 6 nitrogen and oxygen atoms in total. The molecule has 0 amide bonds. The average Bonchev–Trinajstić information content (AvgIpc) is 3.06. The topological polar surface area (TPSA) is 72.4 Å². The molecule has 1 N–H and O–H groups in total. The predicted octanol–water partition coefficient (Wildman–Crippen LogP) is 3.11. The SMILES string of the molecule is CCCc1cc(=O)n2nc(NCCc3ccc(Br)o3)sc2n1. The molecule has 3 aromatic heterocycles. The molecule has 0 bridgehead atoms. The quantitative estimate of drug-likeness (QED) is 0.708. The van der Waals surface area contributed by atoms with Gasteiger partial charge in [-0.15, -0.1) is 5.10 Å². The average molecular weight is 383 g/mol. The summed E-state index contributed by atoms with van der Waals surface area (Å²) in [6.07, 6.45) is 2.51. The normalized spacial score (nSPS) is 11.2. The fourth-order valence-corrected chi connectivity index (χ4v) is 3.28. The van der Waals surface area contributed by atoms with E-state index in [9.17, 15) is 4.79 Å². The summed E-state index contributed by atoms with van der Waals surface area (Å²) in [5.41, 5.74) is 0.691. The van der Waals surface area contributed by atoms with Crippen molar-refractivity contribution >= 4 is 37.4 Å². The van der Waals surface area contributed by atoms with Crippen LogP contribution in [0.15, 0.2) is 32.1 Å². The Morgan fingerprint density at radius 2 is 2.27 bits per heavy atom. The molecule has 0 saturated carbocycles. The molecular weight excluding hydrogens is 368 g/mol. The molecule has 0 unspecified atom stereocenters. The van der Waals surface area contributed by atoms with Gasteiger partial charge in [-0.05, 0) is 34.5 Å². The first-order valence-electron chi connectivity index (χ1n) is 7.03. The van der Waals surface area contributed by atoms with Crippen molar-refractivity contribution in [1.82, 2.24) is 14.6 Å². The molecule has 0 radical (unpaired) electrons. The molecule has 0 atom stereocenters. The van der Waals surface area contributed by atoms with Gasteiger partial charge in [-0.2, -0.15) is 4.52 Å². The van der Waals surface area contributed by atoms with Gasteiger partial charge in [0.2, 0.25) is 10.1 Å². The van der Waals surface area contributed by atoms with Crippen LogP contribution >= 0.6 is 27.3 Å². The summed E-state index contributed by atoms with van der Waals surface area (Å²) in [6.45, 7) is 2.74. The van der Waals surface area contributed by atoms with Gasteiger partial charge in [0.25, 0.3) is 5.56 Å². The molecule has 0 fully saturated rings. The van der Waals surface area contributed by atoms with Gasteiger partial charge in [0.15, 0.2) is 4.67 Å². The molecule has 0 saturated heterocycles. The van der Waals surface area contributed by atoms with Crippen molar-refractivity contribution in [3.63, 3.8) is 0 Å².